The maximum atomic E-state index is 12.7. The van der Waals surface area contributed by atoms with Crippen molar-refractivity contribution < 1.29 is 13.9 Å². The fourth-order valence-corrected chi connectivity index (χ4v) is 1.57. The van der Waals surface area contributed by atoms with E-state index in [-0.39, 0.29) is 12.6 Å². The average Bonchev–Trinajstić information content (AvgIpc) is 2.46. The standard InChI is InChI=1S/C16H15FO2/c1-18-12-19-16-10-6-14(7-11-16)3-2-13-4-8-15(17)9-5-13/h2-11H,12H2,1H3/b3-2+. The van der Waals surface area contributed by atoms with Crippen molar-refractivity contribution in [1.82, 2.24) is 0 Å². The fraction of sp³-hybridized carbons (Fsp3) is 0.125. The molecule has 0 aliphatic heterocycles. The van der Waals surface area contributed by atoms with Crippen LogP contribution in [-0.4, -0.2) is 13.9 Å². The van der Waals surface area contributed by atoms with Gasteiger partial charge >= 0.3 is 0 Å². The summed E-state index contributed by atoms with van der Waals surface area (Å²) >= 11 is 0. The van der Waals surface area contributed by atoms with Crippen LogP contribution >= 0.6 is 0 Å². The average molecular weight is 258 g/mol. The summed E-state index contributed by atoms with van der Waals surface area (Å²) in [4.78, 5) is 0. The van der Waals surface area contributed by atoms with Crippen LogP contribution < -0.4 is 4.74 Å². The van der Waals surface area contributed by atoms with Crippen molar-refractivity contribution in [2.45, 2.75) is 0 Å². The lowest BCUT2D eigenvalue weighted by Gasteiger charge is -2.04. The molecule has 0 amide bonds. The van der Waals surface area contributed by atoms with E-state index in [1.807, 2.05) is 36.4 Å². The van der Waals surface area contributed by atoms with Crippen LogP contribution in [0.1, 0.15) is 11.1 Å². The van der Waals surface area contributed by atoms with Gasteiger partial charge in [-0.15, -0.1) is 0 Å². The molecule has 0 bridgehead atoms. The zero-order valence-corrected chi connectivity index (χ0v) is 10.7. The van der Waals surface area contributed by atoms with Crippen molar-refractivity contribution in [2.75, 3.05) is 13.9 Å². The third-order valence-electron chi connectivity index (χ3n) is 2.56. The molecular formula is C16H15FO2. The van der Waals surface area contributed by atoms with Crippen LogP contribution in [0, 0.1) is 5.82 Å². The van der Waals surface area contributed by atoms with Crippen molar-refractivity contribution in [2.24, 2.45) is 0 Å². The minimum Gasteiger partial charge on any atom is -0.468 e. The van der Waals surface area contributed by atoms with Gasteiger partial charge in [0.1, 0.15) is 11.6 Å². The second-order valence-corrected chi connectivity index (χ2v) is 4.00. The summed E-state index contributed by atoms with van der Waals surface area (Å²) in [7, 11) is 1.58. The number of halogens is 1. The number of ether oxygens (including phenoxy) is 2. The molecule has 2 aromatic rings. The van der Waals surface area contributed by atoms with Crippen LogP contribution in [0.3, 0.4) is 0 Å². The molecule has 0 saturated heterocycles. The molecule has 19 heavy (non-hydrogen) atoms. The van der Waals surface area contributed by atoms with Crippen LogP contribution in [0.4, 0.5) is 4.39 Å². The van der Waals surface area contributed by atoms with Gasteiger partial charge in [0.05, 0.1) is 0 Å². The lowest BCUT2D eigenvalue weighted by Crippen LogP contribution is -1.98. The zero-order chi connectivity index (χ0) is 13.5. The van der Waals surface area contributed by atoms with Crippen LogP contribution in [0.5, 0.6) is 5.75 Å². The Labute approximate surface area is 112 Å². The van der Waals surface area contributed by atoms with Crippen molar-refractivity contribution >= 4 is 12.2 Å². The van der Waals surface area contributed by atoms with Crippen molar-refractivity contribution in [1.29, 1.82) is 0 Å². The number of rotatable bonds is 5. The minimum atomic E-state index is -0.225. The van der Waals surface area contributed by atoms with Gasteiger partial charge in [0.25, 0.3) is 0 Å². The van der Waals surface area contributed by atoms with E-state index in [1.165, 1.54) is 12.1 Å². The van der Waals surface area contributed by atoms with E-state index >= 15 is 0 Å². The molecule has 0 unspecified atom stereocenters. The topological polar surface area (TPSA) is 18.5 Å². The first kappa shape index (κ1) is 13.3. The predicted octanol–water partition coefficient (Wildman–Crippen LogP) is 3.98. The Morgan fingerprint density at radius 2 is 1.42 bits per heavy atom. The largest absolute Gasteiger partial charge is 0.468 e. The van der Waals surface area contributed by atoms with Gasteiger partial charge in [-0.3, -0.25) is 0 Å². The highest BCUT2D eigenvalue weighted by Gasteiger charge is 1.93. The highest BCUT2D eigenvalue weighted by atomic mass is 19.1. The van der Waals surface area contributed by atoms with Crippen molar-refractivity contribution in [3.63, 3.8) is 0 Å². The van der Waals surface area contributed by atoms with Gasteiger partial charge in [-0.05, 0) is 35.4 Å². The Balaban J connectivity index is 2.00. The smallest absolute Gasteiger partial charge is 0.188 e. The number of benzene rings is 2. The van der Waals surface area contributed by atoms with E-state index in [9.17, 15) is 4.39 Å². The Hall–Kier alpha value is -2.13. The third kappa shape index (κ3) is 4.23. The van der Waals surface area contributed by atoms with Gasteiger partial charge in [0.2, 0.25) is 0 Å². The van der Waals surface area contributed by atoms with Crippen LogP contribution in [0.25, 0.3) is 12.2 Å². The first-order chi connectivity index (χ1) is 9.28. The molecule has 2 aromatic carbocycles. The molecule has 0 heterocycles. The summed E-state index contributed by atoms with van der Waals surface area (Å²) in [5.74, 6) is 0.539. The van der Waals surface area contributed by atoms with Crippen LogP contribution in [0.15, 0.2) is 48.5 Å². The molecule has 0 aliphatic carbocycles. The van der Waals surface area contributed by atoms with Gasteiger partial charge in [0.15, 0.2) is 6.79 Å². The molecule has 2 rings (SSSR count). The van der Waals surface area contributed by atoms with E-state index < -0.39 is 0 Å². The number of methoxy groups -OCH3 is 1. The van der Waals surface area contributed by atoms with Crippen LogP contribution in [0.2, 0.25) is 0 Å². The first-order valence-electron chi connectivity index (χ1n) is 5.93. The van der Waals surface area contributed by atoms with Gasteiger partial charge in [-0.1, -0.05) is 36.4 Å². The third-order valence-corrected chi connectivity index (χ3v) is 2.56. The van der Waals surface area contributed by atoms with Gasteiger partial charge in [0, 0.05) is 7.11 Å². The second-order valence-electron chi connectivity index (χ2n) is 4.00. The predicted molar refractivity (Wildman–Crippen MR) is 74.3 cm³/mol. The second kappa shape index (κ2) is 6.71. The Morgan fingerprint density at radius 1 is 0.895 bits per heavy atom. The molecule has 0 radical (unpaired) electrons. The molecule has 98 valence electrons. The summed E-state index contributed by atoms with van der Waals surface area (Å²) in [5.41, 5.74) is 2.01. The van der Waals surface area contributed by atoms with E-state index in [1.54, 1.807) is 19.2 Å². The van der Waals surface area contributed by atoms with E-state index in [0.717, 1.165) is 16.9 Å². The molecular weight excluding hydrogens is 243 g/mol. The molecule has 0 spiro atoms. The van der Waals surface area contributed by atoms with E-state index in [4.69, 9.17) is 9.47 Å². The zero-order valence-electron chi connectivity index (χ0n) is 10.7. The lowest BCUT2D eigenvalue weighted by molar-refractivity contribution is 0.0511. The Bertz CT molecular complexity index is 530. The summed E-state index contributed by atoms with van der Waals surface area (Å²) in [5, 5.41) is 0. The number of hydrogen-bond donors (Lipinski definition) is 0. The Morgan fingerprint density at radius 3 is 1.95 bits per heavy atom. The monoisotopic (exact) mass is 258 g/mol. The van der Waals surface area contributed by atoms with E-state index in [2.05, 4.69) is 0 Å². The highest BCUT2D eigenvalue weighted by molar-refractivity contribution is 5.69. The highest BCUT2D eigenvalue weighted by Crippen LogP contribution is 2.14. The molecule has 0 N–H and O–H groups in total. The maximum absolute atomic E-state index is 12.7. The lowest BCUT2D eigenvalue weighted by atomic mass is 10.1. The summed E-state index contributed by atoms with van der Waals surface area (Å²) in [6, 6.07) is 14.0. The van der Waals surface area contributed by atoms with Crippen LogP contribution in [-0.2, 0) is 4.74 Å². The first-order valence-corrected chi connectivity index (χ1v) is 5.93. The number of hydrogen-bond acceptors (Lipinski definition) is 2. The van der Waals surface area contributed by atoms with Gasteiger partial charge in [-0.25, -0.2) is 4.39 Å². The SMILES string of the molecule is COCOc1ccc(/C=C/c2ccc(F)cc2)cc1. The fourth-order valence-electron chi connectivity index (χ4n) is 1.57. The molecule has 0 aromatic heterocycles. The van der Waals surface area contributed by atoms with Crippen molar-refractivity contribution in [3.05, 3.63) is 65.5 Å². The normalized spacial score (nSPS) is 10.8. The van der Waals surface area contributed by atoms with Gasteiger partial charge < -0.3 is 9.47 Å². The van der Waals surface area contributed by atoms with E-state index in [0.29, 0.717) is 0 Å². The summed E-state index contributed by atoms with van der Waals surface area (Å²) in [6.45, 7) is 0.241. The molecule has 0 fully saturated rings. The Kier molecular flexibility index (Phi) is 4.70. The molecule has 0 aliphatic rings. The minimum absolute atomic E-state index is 0.225. The summed E-state index contributed by atoms with van der Waals surface area (Å²) in [6.07, 6.45) is 3.90. The van der Waals surface area contributed by atoms with Gasteiger partial charge in [-0.2, -0.15) is 0 Å². The molecule has 0 saturated carbocycles. The summed E-state index contributed by atoms with van der Waals surface area (Å²) < 4.78 is 22.9. The van der Waals surface area contributed by atoms with Crippen molar-refractivity contribution in [3.8, 4) is 5.75 Å². The molecule has 3 heteroatoms. The molecule has 0 atom stereocenters. The molecule has 2 nitrogen and oxygen atoms in total. The quantitative estimate of drug-likeness (QED) is 0.596. The maximum Gasteiger partial charge on any atom is 0.188 e.